The molecule has 0 saturated carbocycles. The molecule has 2 amide bonds. The van der Waals surface area contributed by atoms with Crippen molar-refractivity contribution in [2.75, 3.05) is 19.4 Å². The van der Waals surface area contributed by atoms with Crippen molar-refractivity contribution in [2.45, 2.75) is 39.2 Å². The van der Waals surface area contributed by atoms with Gasteiger partial charge in [0.25, 0.3) is 5.91 Å². The highest BCUT2D eigenvalue weighted by molar-refractivity contribution is 7.80. The molecule has 30 heavy (non-hydrogen) atoms. The Kier molecular flexibility index (Phi) is 8.80. The van der Waals surface area contributed by atoms with Crippen molar-refractivity contribution >= 4 is 34.8 Å². The lowest BCUT2D eigenvalue weighted by Gasteiger charge is -2.13. The van der Waals surface area contributed by atoms with Crippen LogP contribution in [0.1, 0.15) is 42.6 Å². The number of nitrogens with one attached hydrogen (secondary N) is 2. The fourth-order valence-corrected chi connectivity index (χ4v) is 2.78. The minimum atomic E-state index is -0.290. The molecule has 1 atom stereocenters. The molecule has 6 nitrogen and oxygen atoms in total. The first-order valence-corrected chi connectivity index (χ1v) is 10.4. The van der Waals surface area contributed by atoms with Gasteiger partial charge >= 0.3 is 0 Å². The normalized spacial score (nSPS) is 11.3. The van der Waals surface area contributed by atoms with Gasteiger partial charge in [-0.1, -0.05) is 19.1 Å². The third-order valence-corrected chi connectivity index (χ3v) is 4.80. The summed E-state index contributed by atoms with van der Waals surface area (Å²) in [5.41, 5.74) is 2.32. The molecule has 0 fully saturated rings. The van der Waals surface area contributed by atoms with E-state index in [9.17, 15) is 9.59 Å². The van der Waals surface area contributed by atoms with E-state index in [1.54, 1.807) is 43.3 Å². The van der Waals surface area contributed by atoms with Crippen LogP contribution in [0.3, 0.4) is 0 Å². The molecule has 2 N–H and O–H groups in total. The average molecular weight is 428 g/mol. The first-order chi connectivity index (χ1) is 14.3. The van der Waals surface area contributed by atoms with Gasteiger partial charge in [0.05, 0.1) is 6.10 Å². The minimum absolute atomic E-state index is 0.0977. The van der Waals surface area contributed by atoms with Crippen LogP contribution in [0, 0.1) is 0 Å². The highest BCUT2D eigenvalue weighted by Gasteiger charge is 2.09. The SMILES string of the molecule is CCC(C)Oc1ccc(C(=O)NC(=S)Nc2ccc(CCC(=O)N(C)C)cc2)cc1. The van der Waals surface area contributed by atoms with E-state index in [4.69, 9.17) is 17.0 Å². The Hall–Kier alpha value is -2.93. The van der Waals surface area contributed by atoms with Gasteiger partial charge < -0.3 is 15.0 Å². The van der Waals surface area contributed by atoms with E-state index in [-0.39, 0.29) is 23.0 Å². The predicted molar refractivity (Wildman–Crippen MR) is 124 cm³/mol. The van der Waals surface area contributed by atoms with Gasteiger partial charge in [-0.2, -0.15) is 0 Å². The maximum absolute atomic E-state index is 12.4. The minimum Gasteiger partial charge on any atom is -0.491 e. The van der Waals surface area contributed by atoms with E-state index in [1.807, 2.05) is 31.2 Å². The Morgan fingerprint density at radius 2 is 1.70 bits per heavy atom. The van der Waals surface area contributed by atoms with Gasteiger partial charge in [0.15, 0.2) is 5.11 Å². The van der Waals surface area contributed by atoms with Gasteiger partial charge in [0, 0.05) is 31.8 Å². The molecular formula is C23H29N3O3S. The summed E-state index contributed by atoms with van der Waals surface area (Å²) in [6.45, 7) is 4.06. The second-order valence-electron chi connectivity index (χ2n) is 7.25. The van der Waals surface area contributed by atoms with Gasteiger partial charge in [-0.3, -0.25) is 14.9 Å². The molecule has 0 aliphatic heterocycles. The zero-order valence-corrected chi connectivity index (χ0v) is 18.7. The molecule has 2 aromatic carbocycles. The average Bonchev–Trinajstić information content (AvgIpc) is 2.73. The summed E-state index contributed by atoms with van der Waals surface area (Å²) in [7, 11) is 3.50. The number of benzene rings is 2. The largest absolute Gasteiger partial charge is 0.491 e. The van der Waals surface area contributed by atoms with Crippen molar-refractivity contribution in [1.29, 1.82) is 0 Å². The summed E-state index contributed by atoms with van der Waals surface area (Å²) in [5, 5.41) is 5.89. The van der Waals surface area contributed by atoms with Crippen molar-refractivity contribution in [3.8, 4) is 5.75 Å². The molecule has 1 unspecified atom stereocenters. The maximum atomic E-state index is 12.4. The molecule has 0 radical (unpaired) electrons. The highest BCUT2D eigenvalue weighted by atomic mass is 32.1. The number of hydrogen-bond acceptors (Lipinski definition) is 4. The fourth-order valence-electron chi connectivity index (χ4n) is 2.57. The molecule has 160 valence electrons. The Balaban J connectivity index is 1.84. The number of hydrogen-bond donors (Lipinski definition) is 2. The molecule has 0 bridgehead atoms. The van der Waals surface area contributed by atoms with Crippen LogP contribution in [0.5, 0.6) is 5.75 Å². The molecule has 2 rings (SSSR count). The first-order valence-electron chi connectivity index (χ1n) is 9.96. The van der Waals surface area contributed by atoms with Crippen molar-refractivity contribution in [3.63, 3.8) is 0 Å². The van der Waals surface area contributed by atoms with Gasteiger partial charge in [-0.25, -0.2) is 0 Å². The quantitative estimate of drug-likeness (QED) is 0.623. The second kappa shape index (κ2) is 11.3. The molecule has 0 aliphatic rings. The number of ether oxygens (including phenoxy) is 1. The lowest BCUT2D eigenvalue weighted by atomic mass is 10.1. The smallest absolute Gasteiger partial charge is 0.257 e. The van der Waals surface area contributed by atoms with Crippen LogP contribution in [0.2, 0.25) is 0 Å². The number of thiocarbonyl (C=S) groups is 1. The van der Waals surface area contributed by atoms with E-state index < -0.39 is 0 Å². The van der Waals surface area contributed by atoms with Crippen LogP contribution < -0.4 is 15.4 Å². The Morgan fingerprint density at radius 3 is 2.27 bits per heavy atom. The van der Waals surface area contributed by atoms with Gasteiger partial charge in [0.1, 0.15) is 5.75 Å². The Labute approximate surface area is 183 Å². The van der Waals surface area contributed by atoms with Gasteiger partial charge in [0.2, 0.25) is 5.91 Å². The molecule has 0 aromatic heterocycles. The van der Waals surface area contributed by atoms with E-state index in [0.717, 1.165) is 23.4 Å². The van der Waals surface area contributed by atoms with E-state index in [2.05, 4.69) is 17.6 Å². The van der Waals surface area contributed by atoms with Gasteiger partial charge in [-0.15, -0.1) is 0 Å². The summed E-state index contributed by atoms with van der Waals surface area (Å²) in [6.07, 6.45) is 2.18. The second-order valence-corrected chi connectivity index (χ2v) is 7.66. The standard InChI is InChI=1S/C23H29N3O3S/c1-5-16(2)29-20-13-9-18(10-14-20)22(28)25-23(30)24-19-11-6-17(7-12-19)8-15-21(27)26(3)4/h6-7,9-14,16H,5,8,15H2,1-4H3,(H2,24,25,28,30). The van der Waals surface area contributed by atoms with Crippen LogP contribution in [-0.4, -0.2) is 42.0 Å². The summed E-state index contributed by atoms with van der Waals surface area (Å²) in [6, 6.07) is 14.6. The maximum Gasteiger partial charge on any atom is 0.257 e. The third-order valence-electron chi connectivity index (χ3n) is 4.59. The number of anilines is 1. The number of amides is 2. The van der Waals surface area contributed by atoms with E-state index in [1.165, 1.54) is 0 Å². The fraction of sp³-hybridized carbons (Fsp3) is 0.348. The van der Waals surface area contributed by atoms with Crippen LogP contribution in [-0.2, 0) is 11.2 Å². The molecular weight excluding hydrogens is 398 g/mol. The molecule has 2 aromatic rings. The Morgan fingerprint density at radius 1 is 1.07 bits per heavy atom. The molecule has 0 heterocycles. The monoisotopic (exact) mass is 427 g/mol. The summed E-state index contributed by atoms with van der Waals surface area (Å²) in [5.74, 6) is 0.538. The molecule has 0 saturated heterocycles. The highest BCUT2D eigenvalue weighted by Crippen LogP contribution is 2.15. The zero-order chi connectivity index (χ0) is 22.1. The number of carbonyl (C=O) groups is 2. The lowest BCUT2D eigenvalue weighted by molar-refractivity contribution is -0.128. The Bertz CT molecular complexity index is 864. The van der Waals surface area contributed by atoms with Crippen LogP contribution >= 0.6 is 12.2 Å². The van der Waals surface area contributed by atoms with Crippen molar-refractivity contribution in [1.82, 2.24) is 10.2 Å². The van der Waals surface area contributed by atoms with E-state index in [0.29, 0.717) is 18.4 Å². The van der Waals surface area contributed by atoms with Crippen molar-refractivity contribution < 1.29 is 14.3 Å². The number of rotatable bonds is 8. The number of nitrogens with zero attached hydrogens (tertiary/aromatic N) is 1. The molecule has 7 heteroatoms. The summed E-state index contributed by atoms with van der Waals surface area (Å²) in [4.78, 5) is 25.6. The summed E-state index contributed by atoms with van der Waals surface area (Å²) >= 11 is 5.24. The van der Waals surface area contributed by atoms with Crippen LogP contribution in [0.15, 0.2) is 48.5 Å². The molecule has 0 aliphatic carbocycles. The third kappa shape index (κ3) is 7.48. The first kappa shape index (κ1) is 23.3. The molecule has 0 spiro atoms. The lowest BCUT2D eigenvalue weighted by Crippen LogP contribution is -2.34. The predicted octanol–water partition coefficient (Wildman–Crippen LogP) is 4.01. The van der Waals surface area contributed by atoms with E-state index >= 15 is 0 Å². The van der Waals surface area contributed by atoms with Crippen molar-refractivity contribution in [3.05, 3.63) is 59.7 Å². The van der Waals surface area contributed by atoms with Crippen molar-refractivity contribution in [2.24, 2.45) is 0 Å². The van der Waals surface area contributed by atoms with Gasteiger partial charge in [-0.05, 0) is 73.9 Å². The zero-order valence-electron chi connectivity index (χ0n) is 17.9. The summed E-state index contributed by atoms with van der Waals surface area (Å²) < 4.78 is 5.72. The van der Waals surface area contributed by atoms with Crippen LogP contribution in [0.25, 0.3) is 0 Å². The number of carbonyl (C=O) groups excluding carboxylic acids is 2. The van der Waals surface area contributed by atoms with Crippen LogP contribution in [0.4, 0.5) is 5.69 Å². The number of aryl methyl sites for hydroxylation is 1. The topological polar surface area (TPSA) is 70.7 Å².